The lowest BCUT2D eigenvalue weighted by Gasteiger charge is -2.11. The van der Waals surface area contributed by atoms with Crippen LogP contribution < -0.4 is 9.47 Å². The molecule has 2 aromatic heterocycles. The Bertz CT molecular complexity index is 1060. The van der Waals surface area contributed by atoms with Crippen molar-refractivity contribution in [2.45, 2.75) is 52.4 Å². The second kappa shape index (κ2) is 12.9. The highest BCUT2D eigenvalue weighted by Gasteiger charge is 2.11. The van der Waals surface area contributed by atoms with E-state index in [2.05, 4.69) is 34.2 Å². The predicted molar refractivity (Wildman–Crippen MR) is 134 cm³/mol. The fourth-order valence-corrected chi connectivity index (χ4v) is 3.83. The molecular weight excluding hydrogens is 483 g/mol. The molecule has 9 heteroatoms. The number of nitrogens with zero attached hydrogens (tertiary/aromatic N) is 4. The Morgan fingerprint density at radius 1 is 0.727 bits per heavy atom. The third-order valence-electron chi connectivity index (χ3n) is 4.96. The van der Waals surface area contributed by atoms with Gasteiger partial charge in [0.25, 0.3) is 0 Å². The van der Waals surface area contributed by atoms with Crippen LogP contribution >= 0.6 is 34.8 Å². The summed E-state index contributed by atoms with van der Waals surface area (Å²) in [7, 11) is 3.31. The molecule has 0 unspecified atom stereocenters. The van der Waals surface area contributed by atoms with Crippen molar-refractivity contribution in [2.24, 2.45) is 0 Å². The maximum absolute atomic E-state index is 6.08. The zero-order chi connectivity index (χ0) is 24.5. The normalized spacial score (nSPS) is 10.8. The summed E-state index contributed by atoms with van der Waals surface area (Å²) in [6.07, 6.45) is 1.60. The van der Waals surface area contributed by atoms with Gasteiger partial charge in [-0.1, -0.05) is 68.6 Å². The Balaban J connectivity index is 0.000000294. The van der Waals surface area contributed by atoms with E-state index < -0.39 is 0 Å². The van der Waals surface area contributed by atoms with E-state index in [0.717, 1.165) is 46.7 Å². The van der Waals surface area contributed by atoms with Crippen LogP contribution in [0.1, 0.15) is 61.9 Å². The summed E-state index contributed by atoms with van der Waals surface area (Å²) in [6, 6.07) is 9.62. The number of hydrogen-bond acceptors (Lipinski definition) is 6. The molecule has 0 saturated heterocycles. The number of ether oxygens (including phenoxy) is 2. The maximum atomic E-state index is 6.08. The Morgan fingerprint density at radius 2 is 1.33 bits per heavy atom. The molecule has 3 rings (SSSR count). The monoisotopic (exact) mass is 510 g/mol. The van der Waals surface area contributed by atoms with E-state index in [0.29, 0.717) is 27.3 Å². The van der Waals surface area contributed by atoms with Gasteiger partial charge in [-0.15, -0.1) is 15.3 Å². The van der Waals surface area contributed by atoms with Crippen molar-refractivity contribution in [3.8, 4) is 11.5 Å². The van der Waals surface area contributed by atoms with Gasteiger partial charge >= 0.3 is 0 Å². The van der Waals surface area contributed by atoms with Crippen LogP contribution in [0.3, 0.4) is 0 Å². The molecule has 0 bridgehead atoms. The van der Waals surface area contributed by atoms with Gasteiger partial charge < -0.3 is 9.47 Å². The standard InChI is InChI=1S/C17H21ClN2O2.C7H8Cl2N2/c1-11(2)15-9-13(19-20-17(15)18)7-5-12-6-8-14(21-3)10-16(12)22-4;1-4(2)5-3-6(8)10-11-7(5)9/h6,8-11H,5,7H2,1-4H3;3-4H,1-2H3. The fraction of sp³-hybridized carbons (Fsp3) is 0.417. The first-order valence-corrected chi connectivity index (χ1v) is 11.7. The minimum atomic E-state index is 0.329. The summed E-state index contributed by atoms with van der Waals surface area (Å²) in [4.78, 5) is 0. The first kappa shape index (κ1) is 27.1. The second-order valence-electron chi connectivity index (χ2n) is 7.98. The molecule has 6 nitrogen and oxygen atoms in total. The highest BCUT2D eigenvalue weighted by Crippen LogP contribution is 2.27. The molecule has 0 aliphatic rings. The lowest BCUT2D eigenvalue weighted by Crippen LogP contribution is -2.02. The van der Waals surface area contributed by atoms with Gasteiger partial charge in [-0.25, -0.2) is 0 Å². The Hall–Kier alpha value is -2.15. The van der Waals surface area contributed by atoms with E-state index in [-0.39, 0.29) is 0 Å². The van der Waals surface area contributed by atoms with Crippen molar-refractivity contribution in [1.29, 1.82) is 0 Å². The number of benzene rings is 1. The number of aryl methyl sites for hydroxylation is 2. The van der Waals surface area contributed by atoms with Gasteiger partial charge in [0.15, 0.2) is 15.5 Å². The molecule has 0 aliphatic carbocycles. The molecule has 1 aromatic carbocycles. The highest BCUT2D eigenvalue weighted by molar-refractivity contribution is 6.31. The summed E-state index contributed by atoms with van der Waals surface area (Å²) in [5, 5.41) is 16.8. The topological polar surface area (TPSA) is 70.0 Å². The highest BCUT2D eigenvalue weighted by atomic mass is 35.5. The van der Waals surface area contributed by atoms with Gasteiger partial charge in [0, 0.05) is 6.07 Å². The van der Waals surface area contributed by atoms with Crippen molar-refractivity contribution in [3.63, 3.8) is 0 Å². The minimum Gasteiger partial charge on any atom is -0.497 e. The van der Waals surface area contributed by atoms with Gasteiger partial charge in [0.2, 0.25) is 0 Å². The Morgan fingerprint density at radius 3 is 1.88 bits per heavy atom. The van der Waals surface area contributed by atoms with Crippen LogP contribution in [0.5, 0.6) is 11.5 Å². The Kier molecular flexibility index (Phi) is 10.6. The largest absolute Gasteiger partial charge is 0.497 e. The van der Waals surface area contributed by atoms with Gasteiger partial charge in [0.05, 0.1) is 19.9 Å². The van der Waals surface area contributed by atoms with E-state index >= 15 is 0 Å². The lowest BCUT2D eigenvalue weighted by molar-refractivity contribution is 0.391. The van der Waals surface area contributed by atoms with Crippen molar-refractivity contribution < 1.29 is 9.47 Å². The molecule has 0 aliphatic heterocycles. The van der Waals surface area contributed by atoms with Gasteiger partial charge in [-0.2, -0.15) is 5.10 Å². The molecule has 3 aromatic rings. The molecule has 0 N–H and O–H groups in total. The van der Waals surface area contributed by atoms with E-state index in [1.54, 1.807) is 20.3 Å². The smallest absolute Gasteiger partial charge is 0.155 e. The van der Waals surface area contributed by atoms with Crippen LogP contribution in [-0.4, -0.2) is 34.6 Å². The average Bonchev–Trinajstić information content (AvgIpc) is 2.80. The zero-order valence-corrected chi connectivity index (χ0v) is 22.0. The van der Waals surface area contributed by atoms with E-state index in [1.165, 1.54) is 0 Å². The van der Waals surface area contributed by atoms with Crippen LogP contribution in [0.25, 0.3) is 0 Å². The SMILES string of the molecule is CC(C)c1cc(Cl)nnc1Cl.COc1ccc(CCc2cc(C(C)C)c(Cl)nn2)c(OC)c1. The summed E-state index contributed by atoms with van der Waals surface area (Å²) >= 11 is 17.5. The molecule has 33 heavy (non-hydrogen) atoms. The quantitative estimate of drug-likeness (QED) is 0.341. The first-order valence-electron chi connectivity index (χ1n) is 10.6. The van der Waals surface area contributed by atoms with E-state index in [9.17, 15) is 0 Å². The summed E-state index contributed by atoms with van der Waals surface area (Å²) in [6.45, 7) is 8.25. The lowest BCUT2D eigenvalue weighted by atomic mass is 10.0. The predicted octanol–water partition coefficient (Wildman–Crippen LogP) is 6.96. The summed E-state index contributed by atoms with van der Waals surface area (Å²) in [5.74, 6) is 2.27. The minimum absolute atomic E-state index is 0.329. The molecular formula is C24H29Cl3N4O2. The van der Waals surface area contributed by atoms with Crippen LogP contribution in [0.15, 0.2) is 30.3 Å². The number of rotatable bonds is 7. The average molecular weight is 512 g/mol. The third-order valence-corrected chi connectivity index (χ3v) is 5.73. The third kappa shape index (κ3) is 7.98. The summed E-state index contributed by atoms with van der Waals surface area (Å²) < 4.78 is 10.6. The first-order chi connectivity index (χ1) is 15.7. The number of aromatic nitrogens is 4. The summed E-state index contributed by atoms with van der Waals surface area (Å²) in [5.41, 5.74) is 4.03. The molecule has 0 radical (unpaired) electrons. The Labute approximate surface area is 210 Å². The van der Waals surface area contributed by atoms with Gasteiger partial charge in [0.1, 0.15) is 11.5 Å². The van der Waals surface area contributed by atoms with Crippen LogP contribution in [0, 0.1) is 0 Å². The van der Waals surface area contributed by atoms with Crippen molar-refractivity contribution in [3.05, 3.63) is 68.2 Å². The molecule has 178 valence electrons. The van der Waals surface area contributed by atoms with Crippen molar-refractivity contribution in [1.82, 2.24) is 20.4 Å². The van der Waals surface area contributed by atoms with E-state index in [1.807, 2.05) is 38.1 Å². The fourth-order valence-electron chi connectivity index (χ4n) is 3.05. The molecule has 0 fully saturated rings. The van der Waals surface area contributed by atoms with Crippen LogP contribution in [0.2, 0.25) is 15.5 Å². The van der Waals surface area contributed by atoms with Crippen LogP contribution in [-0.2, 0) is 12.8 Å². The zero-order valence-electron chi connectivity index (χ0n) is 19.7. The van der Waals surface area contributed by atoms with Gasteiger partial charge in [-0.3, -0.25) is 0 Å². The van der Waals surface area contributed by atoms with Gasteiger partial charge in [-0.05, 0) is 59.6 Å². The number of methoxy groups -OCH3 is 2. The van der Waals surface area contributed by atoms with Crippen molar-refractivity contribution >= 4 is 34.8 Å². The number of halogens is 3. The molecule has 2 heterocycles. The maximum Gasteiger partial charge on any atom is 0.155 e. The molecule has 0 saturated carbocycles. The van der Waals surface area contributed by atoms with Crippen LogP contribution in [0.4, 0.5) is 0 Å². The number of hydrogen-bond donors (Lipinski definition) is 0. The molecule has 0 amide bonds. The molecule has 0 atom stereocenters. The van der Waals surface area contributed by atoms with E-state index in [4.69, 9.17) is 44.3 Å². The second-order valence-corrected chi connectivity index (χ2v) is 9.09. The van der Waals surface area contributed by atoms with Crippen molar-refractivity contribution in [2.75, 3.05) is 14.2 Å². The molecule has 0 spiro atoms.